The molecule has 2 aromatic carbocycles. The first-order valence-electron chi connectivity index (χ1n) is 11.8. The molecule has 174 valence electrons. The van der Waals surface area contributed by atoms with Gasteiger partial charge in [-0.3, -0.25) is 19.6 Å². The van der Waals surface area contributed by atoms with Crippen LogP contribution in [0.15, 0.2) is 60.9 Å². The standard InChI is InChI=1S/C27H27FN4O2/c28-22-8-2-5-19(14-22)15-23-16-29-17-24(30-23)25-9-3-12-32(25)27(34)21-7-1-6-20(13-21)18-31-11-4-10-26(31)33/h1-2,5-8,13-14,16-17,25H,3-4,9-12,15,18H2/t25-/m1/s1. The van der Waals surface area contributed by atoms with Crippen molar-refractivity contribution in [2.45, 2.75) is 44.7 Å². The minimum atomic E-state index is -0.273. The smallest absolute Gasteiger partial charge is 0.254 e. The minimum Gasteiger partial charge on any atom is -0.338 e. The number of rotatable bonds is 6. The van der Waals surface area contributed by atoms with Gasteiger partial charge in [0.05, 0.1) is 23.6 Å². The largest absolute Gasteiger partial charge is 0.338 e. The Morgan fingerprint density at radius 1 is 1.03 bits per heavy atom. The highest BCUT2D eigenvalue weighted by Crippen LogP contribution is 2.32. The van der Waals surface area contributed by atoms with E-state index >= 15 is 0 Å². The lowest BCUT2D eigenvalue weighted by Crippen LogP contribution is -2.31. The topological polar surface area (TPSA) is 66.4 Å². The highest BCUT2D eigenvalue weighted by Gasteiger charge is 2.32. The van der Waals surface area contributed by atoms with E-state index in [1.54, 1.807) is 18.5 Å². The van der Waals surface area contributed by atoms with Gasteiger partial charge in [-0.05, 0) is 54.7 Å². The SMILES string of the molecule is O=C1CCCN1Cc1cccc(C(=O)N2CCC[C@@H]2c2cncc(Cc3cccc(F)c3)n2)c1. The predicted molar refractivity (Wildman–Crippen MR) is 125 cm³/mol. The molecule has 0 radical (unpaired) electrons. The Bertz CT molecular complexity index is 1210. The van der Waals surface area contributed by atoms with Crippen LogP contribution in [0.25, 0.3) is 0 Å². The van der Waals surface area contributed by atoms with Crippen LogP contribution in [0.4, 0.5) is 4.39 Å². The van der Waals surface area contributed by atoms with Crippen LogP contribution in [0.3, 0.4) is 0 Å². The van der Waals surface area contributed by atoms with Crippen LogP contribution >= 0.6 is 0 Å². The molecule has 6 nitrogen and oxygen atoms in total. The van der Waals surface area contributed by atoms with Gasteiger partial charge in [0.1, 0.15) is 5.82 Å². The van der Waals surface area contributed by atoms with Gasteiger partial charge in [-0.1, -0.05) is 24.3 Å². The van der Waals surface area contributed by atoms with Gasteiger partial charge >= 0.3 is 0 Å². The van der Waals surface area contributed by atoms with Crippen LogP contribution in [0.5, 0.6) is 0 Å². The zero-order chi connectivity index (χ0) is 23.5. The Hall–Kier alpha value is -3.61. The molecule has 7 heteroatoms. The van der Waals surface area contributed by atoms with Crippen molar-refractivity contribution in [2.24, 2.45) is 0 Å². The zero-order valence-electron chi connectivity index (χ0n) is 19.0. The second kappa shape index (κ2) is 9.71. The van der Waals surface area contributed by atoms with Gasteiger partial charge < -0.3 is 9.80 Å². The summed E-state index contributed by atoms with van der Waals surface area (Å²) >= 11 is 0. The second-order valence-electron chi connectivity index (χ2n) is 9.02. The van der Waals surface area contributed by atoms with Gasteiger partial charge in [0.25, 0.3) is 5.91 Å². The summed E-state index contributed by atoms with van der Waals surface area (Å²) in [7, 11) is 0. The van der Waals surface area contributed by atoms with Gasteiger partial charge in [0.2, 0.25) is 5.91 Å². The first-order chi connectivity index (χ1) is 16.6. The first-order valence-corrected chi connectivity index (χ1v) is 11.8. The van der Waals surface area contributed by atoms with E-state index in [0.29, 0.717) is 31.5 Å². The normalized spacial score (nSPS) is 18.0. The summed E-state index contributed by atoms with van der Waals surface area (Å²) in [6, 6.07) is 13.9. The molecule has 1 atom stereocenters. The van der Waals surface area contributed by atoms with Gasteiger partial charge in [-0.25, -0.2) is 4.39 Å². The molecular formula is C27H27FN4O2. The fourth-order valence-corrected chi connectivity index (χ4v) is 4.90. The number of hydrogen-bond acceptors (Lipinski definition) is 4. The highest BCUT2D eigenvalue weighted by molar-refractivity contribution is 5.94. The molecule has 3 heterocycles. The number of aromatic nitrogens is 2. The lowest BCUT2D eigenvalue weighted by molar-refractivity contribution is -0.128. The number of amides is 2. The Morgan fingerprint density at radius 2 is 1.88 bits per heavy atom. The number of carbonyl (C=O) groups is 2. The van der Waals surface area contributed by atoms with Crippen LogP contribution in [-0.4, -0.2) is 44.7 Å². The fraction of sp³-hybridized carbons (Fsp3) is 0.333. The summed E-state index contributed by atoms with van der Waals surface area (Å²) in [6.07, 6.45) is 7.12. The van der Waals surface area contributed by atoms with Crippen molar-refractivity contribution >= 4 is 11.8 Å². The molecule has 0 saturated carbocycles. The number of halogens is 1. The average Bonchev–Trinajstić information content (AvgIpc) is 3.48. The third-order valence-electron chi connectivity index (χ3n) is 6.55. The molecule has 34 heavy (non-hydrogen) atoms. The summed E-state index contributed by atoms with van der Waals surface area (Å²) in [5.74, 6) is -0.132. The van der Waals surface area contributed by atoms with Gasteiger partial charge in [0, 0.05) is 44.2 Å². The number of likely N-dealkylation sites (tertiary alicyclic amines) is 2. The lowest BCUT2D eigenvalue weighted by Gasteiger charge is -2.25. The Morgan fingerprint density at radius 3 is 2.71 bits per heavy atom. The molecule has 1 aromatic heterocycles. The maximum absolute atomic E-state index is 13.6. The van der Waals surface area contributed by atoms with E-state index in [1.807, 2.05) is 40.1 Å². The Labute approximate surface area is 198 Å². The van der Waals surface area contributed by atoms with Crippen molar-refractivity contribution in [1.29, 1.82) is 0 Å². The molecule has 5 rings (SSSR count). The van der Waals surface area contributed by atoms with Gasteiger partial charge in [0.15, 0.2) is 0 Å². The highest BCUT2D eigenvalue weighted by atomic mass is 19.1. The van der Waals surface area contributed by atoms with E-state index in [4.69, 9.17) is 4.98 Å². The van der Waals surface area contributed by atoms with Crippen LogP contribution in [0, 0.1) is 5.82 Å². The van der Waals surface area contributed by atoms with Crippen LogP contribution in [0.2, 0.25) is 0 Å². The molecule has 2 amide bonds. The summed E-state index contributed by atoms with van der Waals surface area (Å²) < 4.78 is 13.6. The molecule has 2 aliphatic rings. The Kier molecular flexibility index (Phi) is 6.34. The summed E-state index contributed by atoms with van der Waals surface area (Å²) in [5.41, 5.74) is 3.94. The molecule has 2 fully saturated rings. The quantitative estimate of drug-likeness (QED) is 0.552. The van der Waals surface area contributed by atoms with E-state index < -0.39 is 0 Å². The zero-order valence-corrected chi connectivity index (χ0v) is 19.0. The van der Waals surface area contributed by atoms with E-state index in [0.717, 1.165) is 48.3 Å². The minimum absolute atomic E-state index is 0.0329. The van der Waals surface area contributed by atoms with Crippen LogP contribution in [0.1, 0.15) is 64.6 Å². The third kappa shape index (κ3) is 4.83. The average molecular weight is 459 g/mol. The molecule has 0 spiro atoms. The molecule has 0 bridgehead atoms. The van der Waals surface area contributed by atoms with E-state index in [-0.39, 0.29) is 23.7 Å². The van der Waals surface area contributed by atoms with Crippen LogP contribution in [-0.2, 0) is 17.8 Å². The monoisotopic (exact) mass is 458 g/mol. The first kappa shape index (κ1) is 22.2. The summed E-state index contributed by atoms with van der Waals surface area (Å²) in [5, 5.41) is 0. The molecule has 0 N–H and O–H groups in total. The predicted octanol–water partition coefficient (Wildman–Crippen LogP) is 4.31. The summed E-state index contributed by atoms with van der Waals surface area (Å²) in [4.78, 5) is 38.3. The number of nitrogens with zero attached hydrogens (tertiary/aromatic N) is 4. The molecule has 3 aromatic rings. The van der Waals surface area contributed by atoms with E-state index in [9.17, 15) is 14.0 Å². The van der Waals surface area contributed by atoms with Crippen molar-refractivity contribution in [3.63, 3.8) is 0 Å². The van der Waals surface area contributed by atoms with Crippen molar-refractivity contribution in [3.8, 4) is 0 Å². The van der Waals surface area contributed by atoms with E-state index in [2.05, 4.69) is 4.98 Å². The maximum atomic E-state index is 13.6. The van der Waals surface area contributed by atoms with Crippen molar-refractivity contribution in [2.75, 3.05) is 13.1 Å². The Balaban J connectivity index is 1.32. The van der Waals surface area contributed by atoms with Crippen molar-refractivity contribution in [1.82, 2.24) is 19.8 Å². The number of hydrogen-bond donors (Lipinski definition) is 0. The molecule has 2 aliphatic heterocycles. The van der Waals surface area contributed by atoms with Crippen molar-refractivity contribution < 1.29 is 14.0 Å². The van der Waals surface area contributed by atoms with Crippen LogP contribution < -0.4 is 0 Å². The van der Waals surface area contributed by atoms with E-state index in [1.165, 1.54) is 12.1 Å². The van der Waals surface area contributed by atoms with Crippen molar-refractivity contribution in [3.05, 3.63) is 94.8 Å². The third-order valence-corrected chi connectivity index (χ3v) is 6.55. The lowest BCUT2D eigenvalue weighted by atomic mass is 10.1. The fourth-order valence-electron chi connectivity index (χ4n) is 4.90. The molecule has 2 saturated heterocycles. The number of benzene rings is 2. The van der Waals surface area contributed by atoms with Gasteiger partial charge in [-0.2, -0.15) is 0 Å². The number of carbonyl (C=O) groups excluding carboxylic acids is 2. The molecule has 0 unspecified atom stereocenters. The van der Waals surface area contributed by atoms with Gasteiger partial charge in [-0.15, -0.1) is 0 Å². The summed E-state index contributed by atoms with van der Waals surface area (Å²) in [6.45, 7) is 1.97. The second-order valence-corrected chi connectivity index (χ2v) is 9.02. The molecular weight excluding hydrogens is 431 g/mol. The molecule has 0 aliphatic carbocycles. The maximum Gasteiger partial charge on any atom is 0.254 e.